The number of ether oxygens (including phenoxy) is 1. The third kappa shape index (κ3) is 3.44. The summed E-state index contributed by atoms with van der Waals surface area (Å²) in [6.45, 7) is 3.62. The summed E-state index contributed by atoms with van der Waals surface area (Å²) in [5.74, 6) is -1.13. The largest absolute Gasteiger partial charge is 0.463 e. The molecular formula is C20H19FN2O3. The van der Waals surface area contributed by atoms with Gasteiger partial charge in [0.05, 0.1) is 23.9 Å². The summed E-state index contributed by atoms with van der Waals surface area (Å²) in [6.07, 6.45) is 0. The number of rotatable bonds is 4. The quantitative estimate of drug-likeness (QED) is 0.826. The van der Waals surface area contributed by atoms with E-state index in [4.69, 9.17) is 4.74 Å². The van der Waals surface area contributed by atoms with E-state index < -0.39 is 23.9 Å². The Hall–Kier alpha value is -3.15. The van der Waals surface area contributed by atoms with Crippen LogP contribution in [0.4, 0.5) is 9.18 Å². The van der Waals surface area contributed by atoms with Crippen molar-refractivity contribution in [3.63, 3.8) is 0 Å². The normalized spacial score (nSPS) is 16.7. The molecule has 0 saturated heterocycles. The molecule has 1 unspecified atom stereocenters. The molecule has 1 atom stereocenters. The molecule has 0 radical (unpaired) electrons. The first-order chi connectivity index (χ1) is 12.5. The van der Waals surface area contributed by atoms with Crippen LogP contribution in [0.2, 0.25) is 0 Å². The number of nitrogens with one attached hydrogen (secondary N) is 2. The molecule has 6 heteroatoms. The SMILES string of the molecule is CCOC(=O)C1=C(c2ccc(C)cc2F)NC(=O)NC1c1ccccc1. The number of amides is 2. The fourth-order valence-corrected chi connectivity index (χ4v) is 2.92. The van der Waals surface area contributed by atoms with Crippen LogP contribution in [0.15, 0.2) is 54.1 Å². The minimum Gasteiger partial charge on any atom is -0.463 e. The fraction of sp³-hybridized carbons (Fsp3) is 0.200. The first-order valence-electron chi connectivity index (χ1n) is 8.31. The molecule has 0 saturated carbocycles. The number of esters is 1. The van der Waals surface area contributed by atoms with Gasteiger partial charge in [0.15, 0.2) is 0 Å². The molecule has 1 aliphatic heterocycles. The standard InChI is InChI=1S/C20H19FN2O3/c1-3-26-19(24)16-17(13-7-5-4-6-8-13)22-20(25)23-18(16)14-10-9-12(2)11-15(14)21/h4-11,17H,3H2,1-2H3,(H2,22,23,25). The zero-order valence-corrected chi connectivity index (χ0v) is 14.5. The lowest BCUT2D eigenvalue weighted by molar-refractivity contribution is -0.138. The minimum atomic E-state index is -0.736. The molecule has 1 heterocycles. The summed E-state index contributed by atoms with van der Waals surface area (Å²) in [6, 6.07) is 12.4. The molecule has 2 amide bonds. The van der Waals surface area contributed by atoms with Gasteiger partial charge in [0.2, 0.25) is 0 Å². The van der Waals surface area contributed by atoms with Gasteiger partial charge in [0, 0.05) is 5.56 Å². The molecule has 0 fully saturated rings. The summed E-state index contributed by atoms with van der Waals surface area (Å²) in [5.41, 5.74) is 1.88. The highest BCUT2D eigenvalue weighted by molar-refractivity contribution is 6.04. The lowest BCUT2D eigenvalue weighted by Crippen LogP contribution is -2.45. The molecular weight excluding hydrogens is 335 g/mol. The van der Waals surface area contributed by atoms with E-state index in [1.165, 1.54) is 6.07 Å². The van der Waals surface area contributed by atoms with Gasteiger partial charge in [0.1, 0.15) is 5.82 Å². The Bertz CT molecular complexity index is 878. The summed E-state index contributed by atoms with van der Waals surface area (Å²) >= 11 is 0. The summed E-state index contributed by atoms with van der Waals surface area (Å²) < 4.78 is 19.7. The van der Waals surface area contributed by atoms with Gasteiger partial charge in [-0.15, -0.1) is 0 Å². The van der Waals surface area contributed by atoms with E-state index in [9.17, 15) is 14.0 Å². The molecule has 2 N–H and O–H groups in total. The molecule has 0 bridgehead atoms. The van der Waals surface area contributed by atoms with Crippen molar-refractivity contribution in [3.05, 3.63) is 76.6 Å². The van der Waals surface area contributed by atoms with Crippen LogP contribution in [-0.4, -0.2) is 18.6 Å². The first kappa shape index (κ1) is 17.7. The number of urea groups is 1. The Morgan fingerprint density at radius 2 is 1.92 bits per heavy atom. The Morgan fingerprint density at radius 3 is 2.58 bits per heavy atom. The zero-order chi connectivity index (χ0) is 18.7. The molecule has 0 aromatic heterocycles. The molecule has 0 spiro atoms. The van der Waals surface area contributed by atoms with Gasteiger partial charge in [0.25, 0.3) is 0 Å². The molecule has 2 aromatic rings. The van der Waals surface area contributed by atoms with E-state index in [-0.39, 0.29) is 23.4 Å². The maximum absolute atomic E-state index is 14.6. The number of hydrogen-bond donors (Lipinski definition) is 2. The summed E-state index contributed by atoms with van der Waals surface area (Å²) in [7, 11) is 0. The smallest absolute Gasteiger partial charge is 0.338 e. The van der Waals surface area contributed by atoms with E-state index >= 15 is 0 Å². The lowest BCUT2D eigenvalue weighted by atomic mass is 9.92. The Kier molecular flexibility index (Phi) is 5.02. The lowest BCUT2D eigenvalue weighted by Gasteiger charge is -2.29. The second kappa shape index (κ2) is 7.39. The maximum atomic E-state index is 14.6. The highest BCUT2D eigenvalue weighted by Gasteiger charge is 2.35. The van der Waals surface area contributed by atoms with Crippen molar-refractivity contribution < 1.29 is 18.7 Å². The maximum Gasteiger partial charge on any atom is 0.338 e. The van der Waals surface area contributed by atoms with E-state index in [1.54, 1.807) is 50.2 Å². The van der Waals surface area contributed by atoms with Crippen molar-refractivity contribution in [2.24, 2.45) is 0 Å². The molecule has 3 rings (SSSR count). The van der Waals surface area contributed by atoms with E-state index in [0.717, 1.165) is 5.56 Å². The van der Waals surface area contributed by atoms with Gasteiger partial charge in [-0.25, -0.2) is 14.0 Å². The van der Waals surface area contributed by atoms with Crippen LogP contribution in [0.25, 0.3) is 5.70 Å². The van der Waals surface area contributed by atoms with Crippen LogP contribution in [0.3, 0.4) is 0 Å². The summed E-state index contributed by atoms with van der Waals surface area (Å²) in [4.78, 5) is 24.9. The number of benzene rings is 2. The van der Waals surface area contributed by atoms with Crippen molar-refractivity contribution in [1.82, 2.24) is 10.6 Å². The van der Waals surface area contributed by atoms with Crippen LogP contribution < -0.4 is 10.6 Å². The number of halogens is 1. The third-order valence-electron chi connectivity index (χ3n) is 4.09. The van der Waals surface area contributed by atoms with E-state index in [2.05, 4.69) is 10.6 Å². The Balaban J connectivity index is 2.22. The number of hydrogen-bond acceptors (Lipinski definition) is 3. The van der Waals surface area contributed by atoms with Crippen molar-refractivity contribution in [2.45, 2.75) is 19.9 Å². The van der Waals surface area contributed by atoms with Gasteiger partial charge in [-0.05, 0) is 37.1 Å². The molecule has 1 aliphatic rings. The number of carbonyl (C=O) groups is 2. The van der Waals surface area contributed by atoms with Crippen molar-refractivity contribution in [1.29, 1.82) is 0 Å². The first-order valence-corrected chi connectivity index (χ1v) is 8.31. The van der Waals surface area contributed by atoms with Crippen molar-refractivity contribution in [2.75, 3.05) is 6.61 Å². The van der Waals surface area contributed by atoms with Crippen LogP contribution in [0, 0.1) is 12.7 Å². The third-order valence-corrected chi connectivity index (χ3v) is 4.09. The predicted octanol–water partition coefficient (Wildman–Crippen LogP) is 3.46. The number of carbonyl (C=O) groups excluding carboxylic acids is 2. The average Bonchev–Trinajstić information content (AvgIpc) is 2.62. The second-order valence-corrected chi connectivity index (χ2v) is 5.93. The van der Waals surface area contributed by atoms with Crippen LogP contribution in [-0.2, 0) is 9.53 Å². The zero-order valence-electron chi connectivity index (χ0n) is 14.5. The predicted molar refractivity (Wildman–Crippen MR) is 95.5 cm³/mol. The van der Waals surface area contributed by atoms with Gasteiger partial charge < -0.3 is 15.4 Å². The Morgan fingerprint density at radius 1 is 1.19 bits per heavy atom. The highest BCUT2D eigenvalue weighted by atomic mass is 19.1. The highest BCUT2D eigenvalue weighted by Crippen LogP contribution is 2.33. The molecule has 26 heavy (non-hydrogen) atoms. The Labute approximate surface area is 150 Å². The van der Waals surface area contributed by atoms with Crippen molar-refractivity contribution >= 4 is 17.7 Å². The minimum absolute atomic E-state index is 0.124. The fourth-order valence-electron chi connectivity index (χ4n) is 2.92. The van der Waals surface area contributed by atoms with Gasteiger partial charge in [-0.1, -0.05) is 36.4 Å². The molecule has 0 aliphatic carbocycles. The van der Waals surface area contributed by atoms with Crippen molar-refractivity contribution in [3.8, 4) is 0 Å². The second-order valence-electron chi connectivity index (χ2n) is 5.93. The monoisotopic (exact) mass is 354 g/mol. The van der Waals surface area contributed by atoms with Crippen LogP contribution >= 0.6 is 0 Å². The van der Waals surface area contributed by atoms with Gasteiger partial charge in [-0.2, -0.15) is 0 Å². The molecule has 5 nitrogen and oxygen atoms in total. The van der Waals surface area contributed by atoms with E-state index in [0.29, 0.717) is 5.56 Å². The average molecular weight is 354 g/mol. The van der Waals surface area contributed by atoms with Crippen LogP contribution in [0.1, 0.15) is 29.7 Å². The topological polar surface area (TPSA) is 67.4 Å². The van der Waals surface area contributed by atoms with Crippen LogP contribution in [0.5, 0.6) is 0 Å². The van der Waals surface area contributed by atoms with E-state index in [1.807, 2.05) is 6.07 Å². The number of aryl methyl sites for hydroxylation is 1. The van der Waals surface area contributed by atoms with Gasteiger partial charge >= 0.3 is 12.0 Å². The summed E-state index contributed by atoms with van der Waals surface area (Å²) in [5, 5.41) is 5.29. The molecule has 134 valence electrons. The molecule has 2 aromatic carbocycles. The van der Waals surface area contributed by atoms with Gasteiger partial charge in [-0.3, -0.25) is 0 Å².